The molecule has 0 saturated heterocycles. The second kappa shape index (κ2) is 15.6. The van der Waals surface area contributed by atoms with Crippen LogP contribution < -0.4 is 0 Å². The average molecular weight is 296 g/mol. The Morgan fingerprint density at radius 2 is 1.57 bits per heavy atom. The molecule has 0 aromatic carbocycles. The van der Waals surface area contributed by atoms with Crippen LogP contribution in [0.4, 0.5) is 0 Å². The zero-order chi connectivity index (χ0) is 15.8. The van der Waals surface area contributed by atoms with Crippen molar-refractivity contribution in [3.8, 4) is 0 Å². The molecular weight excluding hydrogens is 260 g/mol. The van der Waals surface area contributed by atoms with Crippen molar-refractivity contribution in [3.63, 3.8) is 0 Å². The summed E-state index contributed by atoms with van der Waals surface area (Å²) in [7, 11) is 0. The standard InChI is InChI=1S/C19H36O2/c1-3-4-5-9-12-15-18(2)16-13-10-7-6-8-11-14-17-19(20)21/h12,15,18H,3-11,13-14,16-17H2,1-2H3,(H,20,21)/b15-12+. The number of carboxylic acid groups (broad SMARTS) is 1. The molecule has 0 spiro atoms. The molecule has 0 heterocycles. The third-order valence-electron chi connectivity index (χ3n) is 3.99. The van der Waals surface area contributed by atoms with Crippen molar-refractivity contribution in [2.45, 2.75) is 97.3 Å². The van der Waals surface area contributed by atoms with E-state index in [9.17, 15) is 4.79 Å². The fraction of sp³-hybridized carbons (Fsp3) is 0.842. The van der Waals surface area contributed by atoms with Gasteiger partial charge >= 0.3 is 5.97 Å². The molecule has 0 aromatic rings. The Hall–Kier alpha value is -0.790. The lowest BCUT2D eigenvalue weighted by Crippen LogP contribution is -1.93. The zero-order valence-electron chi connectivity index (χ0n) is 14.3. The Kier molecular flexibility index (Phi) is 15.0. The Morgan fingerprint density at radius 3 is 2.19 bits per heavy atom. The SMILES string of the molecule is CCCCC/C=C/C(C)CCCCCCCCCC(=O)O. The van der Waals surface area contributed by atoms with Gasteiger partial charge in [0.15, 0.2) is 0 Å². The van der Waals surface area contributed by atoms with Gasteiger partial charge in [0.25, 0.3) is 0 Å². The first-order chi connectivity index (χ1) is 10.2. The van der Waals surface area contributed by atoms with Crippen LogP contribution in [0.1, 0.15) is 97.3 Å². The highest BCUT2D eigenvalue weighted by Crippen LogP contribution is 2.14. The zero-order valence-corrected chi connectivity index (χ0v) is 14.3. The van der Waals surface area contributed by atoms with Crippen molar-refractivity contribution in [2.75, 3.05) is 0 Å². The van der Waals surface area contributed by atoms with Crippen LogP contribution in [0.25, 0.3) is 0 Å². The van der Waals surface area contributed by atoms with Gasteiger partial charge in [-0.25, -0.2) is 0 Å². The number of carboxylic acids is 1. The number of hydrogen-bond acceptors (Lipinski definition) is 1. The van der Waals surface area contributed by atoms with E-state index in [0.717, 1.165) is 18.8 Å². The average Bonchev–Trinajstić information content (AvgIpc) is 2.45. The largest absolute Gasteiger partial charge is 0.481 e. The summed E-state index contributed by atoms with van der Waals surface area (Å²) < 4.78 is 0. The second-order valence-electron chi connectivity index (χ2n) is 6.31. The van der Waals surface area contributed by atoms with Crippen molar-refractivity contribution >= 4 is 5.97 Å². The lowest BCUT2D eigenvalue weighted by Gasteiger charge is -2.06. The molecule has 124 valence electrons. The molecule has 0 aliphatic rings. The molecule has 21 heavy (non-hydrogen) atoms. The van der Waals surface area contributed by atoms with Crippen LogP contribution in [0, 0.1) is 5.92 Å². The van der Waals surface area contributed by atoms with E-state index in [1.165, 1.54) is 64.2 Å². The minimum atomic E-state index is -0.660. The number of allylic oxidation sites excluding steroid dienone is 2. The third-order valence-corrected chi connectivity index (χ3v) is 3.99. The summed E-state index contributed by atoms with van der Waals surface area (Å²) in [4.78, 5) is 10.4. The Labute approximate surface area is 132 Å². The van der Waals surface area contributed by atoms with E-state index in [4.69, 9.17) is 5.11 Å². The van der Waals surface area contributed by atoms with Gasteiger partial charge in [0, 0.05) is 6.42 Å². The molecule has 2 nitrogen and oxygen atoms in total. The summed E-state index contributed by atoms with van der Waals surface area (Å²) in [5.74, 6) is 0.0638. The predicted molar refractivity (Wildman–Crippen MR) is 91.6 cm³/mol. The van der Waals surface area contributed by atoms with E-state index in [2.05, 4.69) is 26.0 Å². The van der Waals surface area contributed by atoms with Crippen molar-refractivity contribution in [1.29, 1.82) is 0 Å². The number of aliphatic carboxylic acids is 1. The van der Waals surface area contributed by atoms with Gasteiger partial charge in [-0.2, -0.15) is 0 Å². The summed E-state index contributed by atoms with van der Waals surface area (Å²) >= 11 is 0. The minimum Gasteiger partial charge on any atom is -0.481 e. The smallest absolute Gasteiger partial charge is 0.303 e. The molecule has 0 saturated carbocycles. The van der Waals surface area contributed by atoms with Crippen LogP contribution in [-0.4, -0.2) is 11.1 Å². The number of rotatable bonds is 15. The van der Waals surface area contributed by atoms with E-state index in [0.29, 0.717) is 6.42 Å². The molecule has 1 atom stereocenters. The van der Waals surface area contributed by atoms with Gasteiger partial charge in [0.05, 0.1) is 0 Å². The van der Waals surface area contributed by atoms with Gasteiger partial charge in [-0.05, 0) is 31.6 Å². The number of carbonyl (C=O) groups is 1. The van der Waals surface area contributed by atoms with Crippen LogP contribution in [0.3, 0.4) is 0 Å². The van der Waals surface area contributed by atoms with Crippen LogP contribution in [0.2, 0.25) is 0 Å². The molecule has 0 bridgehead atoms. The van der Waals surface area contributed by atoms with Gasteiger partial charge in [-0.1, -0.05) is 77.4 Å². The van der Waals surface area contributed by atoms with Gasteiger partial charge in [-0.3, -0.25) is 4.79 Å². The van der Waals surface area contributed by atoms with Crippen LogP contribution in [-0.2, 0) is 4.79 Å². The molecule has 0 amide bonds. The first kappa shape index (κ1) is 20.2. The monoisotopic (exact) mass is 296 g/mol. The summed E-state index contributed by atoms with van der Waals surface area (Å²) in [5.41, 5.74) is 0. The first-order valence-corrected chi connectivity index (χ1v) is 9.05. The van der Waals surface area contributed by atoms with Gasteiger partial charge < -0.3 is 5.11 Å². The van der Waals surface area contributed by atoms with Crippen molar-refractivity contribution in [2.24, 2.45) is 5.92 Å². The molecule has 0 aliphatic heterocycles. The minimum absolute atomic E-state index is 0.335. The lowest BCUT2D eigenvalue weighted by atomic mass is 10.0. The third kappa shape index (κ3) is 17.2. The van der Waals surface area contributed by atoms with E-state index in [-0.39, 0.29) is 0 Å². The van der Waals surface area contributed by atoms with Gasteiger partial charge in [0.1, 0.15) is 0 Å². The van der Waals surface area contributed by atoms with E-state index in [1.54, 1.807) is 0 Å². The maximum absolute atomic E-state index is 10.4. The fourth-order valence-electron chi connectivity index (χ4n) is 2.56. The first-order valence-electron chi connectivity index (χ1n) is 9.05. The molecule has 0 aliphatic carbocycles. The predicted octanol–water partition coefficient (Wildman–Crippen LogP) is 6.35. The Morgan fingerprint density at radius 1 is 0.952 bits per heavy atom. The van der Waals surface area contributed by atoms with E-state index in [1.807, 2.05) is 0 Å². The fourth-order valence-corrected chi connectivity index (χ4v) is 2.56. The molecule has 1 unspecified atom stereocenters. The molecular formula is C19H36O2. The van der Waals surface area contributed by atoms with Crippen molar-refractivity contribution in [1.82, 2.24) is 0 Å². The van der Waals surface area contributed by atoms with Crippen molar-refractivity contribution < 1.29 is 9.90 Å². The molecule has 2 heteroatoms. The highest BCUT2D eigenvalue weighted by Gasteiger charge is 1.98. The Balaban J connectivity index is 3.24. The highest BCUT2D eigenvalue weighted by molar-refractivity contribution is 5.66. The van der Waals surface area contributed by atoms with Gasteiger partial charge in [0.2, 0.25) is 0 Å². The molecule has 0 aromatic heterocycles. The summed E-state index contributed by atoms with van der Waals surface area (Å²) in [6.07, 6.45) is 20.0. The van der Waals surface area contributed by atoms with E-state index >= 15 is 0 Å². The van der Waals surface area contributed by atoms with Crippen LogP contribution in [0.5, 0.6) is 0 Å². The van der Waals surface area contributed by atoms with E-state index < -0.39 is 5.97 Å². The highest BCUT2D eigenvalue weighted by atomic mass is 16.4. The molecule has 0 fully saturated rings. The maximum atomic E-state index is 10.4. The number of hydrogen-bond donors (Lipinski definition) is 1. The summed E-state index contributed by atoms with van der Waals surface area (Å²) in [5, 5.41) is 8.54. The second-order valence-corrected chi connectivity index (χ2v) is 6.31. The number of unbranched alkanes of at least 4 members (excludes halogenated alkanes) is 9. The van der Waals surface area contributed by atoms with Crippen LogP contribution >= 0.6 is 0 Å². The summed E-state index contributed by atoms with van der Waals surface area (Å²) in [6.45, 7) is 4.57. The Bertz CT molecular complexity index is 258. The normalized spacial score (nSPS) is 12.9. The molecule has 0 rings (SSSR count). The quantitative estimate of drug-likeness (QED) is 0.282. The molecule has 0 radical (unpaired) electrons. The maximum Gasteiger partial charge on any atom is 0.303 e. The topological polar surface area (TPSA) is 37.3 Å². The van der Waals surface area contributed by atoms with Crippen molar-refractivity contribution in [3.05, 3.63) is 12.2 Å². The van der Waals surface area contributed by atoms with Gasteiger partial charge in [-0.15, -0.1) is 0 Å². The lowest BCUT2D eigenvalue weighted by molar-refractivity contribution is -0.137. The summed E-state index contributed by atoms with van der Waals surface area (Å²) in [6, 6.07) is 0. The van der Waals surface area contributed by atoms with Crippen LogP contribution in [0.15, 0.2) is 12.2 Å². The molecule has 1 N–H and O–H groups in total.